The predicted molar refractivity (Wildman–Crippen MR) is 82.9 cm³/mol. The first-order chi connectivity index (χ1) is 11.1. The van der Waals surface area contributed by atoms with Crippen LogP contribution in [0.4, 0.5) is 0 Å². The highest BCUT2D eigenvalue weighted by molar-refractivity contribution is 8.13. The molecule has 136 valence electrons. The molecule has 2 rings (SSSR count). The van der Waals surface area contributed by atoms with Gasteiger partial charge in [0.15, 0.2) is 29.4 Å². The first-order valence-electron chi connectivity index (χ1n) is 7.58. The first kappa shape index (κ1) is 19.2. The number of ether oxygens (including phenoxy) is 5. The highest BCUT2D eigenvalue weighted by atomic mass is 32.2. The summed E-state index contributed by atoms with van der Waals surface area (Å²) in [5.74, 6) is -1.72. The number of hydrogen-bond donors (Lipinski definition) is 0. The third-order valence-electron chi connectivity index (χ3n) is 3.46. The van der Waals surface area contributed by atoms with Crippen LogP contribution >= 0.6 is 11.8 Å². The van der Waals surface area contributed by atoms with E-state index >= 15 is 0 Å². The standard InChI is InChI=1S/C15H22O8S/c1-7(16)19-10(6-24-9(3)18)11-12(20-8(2)17)13-14(21-11)23-15(4,5)22-13/h10-14H,6H2,1-5H3/t10-,11-,12+,13-,14-/m1/s1. The van der Waals surface area contributed by atoms with Gasteiger partial charge in [-0.1, -0.05) is 11.8 Å². The summed E-state index contributed by atoms with van der Waals surface area (Å²) in [7, 11) is 0. The van der Waals surface area contributed by atoms with Gasteiger partial charge in [0, 0.05) is 26.5 Å². The zero-order valence-electron chi connectivity index (χ0n) is 14.3. The van der Waals surface area contributed by atoms with Crippen LogP contribution in [0, 0.1) is 0 Å². The summed E-state index contributed by atoms with van der Waals surface area (Å²) >= 11 is 0.999. The van der Waals surface area contributed by atoms with Crippen molar-refractivity contribution in [2.24, 2.45) is 0 Å². The van der Waals surface area contributed by atoms with Crippen LogP contribution < -0.4 is 0 Å². The van der Waals surface area contributed by atoms with E-state index in [4.69, 9.17) is 23.7 Å². The Morgan fingerprint density at radius 3 is 2.33 bits per heavy atom. The monoisotopic (exact) mass is 362 g/mol. The van der Waals surface area contributed by atoms with Crippen LogP contribution in [0.1, 0.15) is 34.6 Å². The van der Waals surface area contributed by atoms with Gasteiger partial charge >= 0.3 is 11.9 Å². The molecule has 0 unspecified atom stereocenters. The van der Waals surface area contributed by atoms with E-state index in [0.29, 0.717) is 0 Å². The second-order valence-electron chi connectivity index (χ2n) is 6.09. The molecule has 2 aliphatic heterocycles. The minimum atomic E-state index is -0.871. The molecule has 0 spiro atoms. The second-order valence-corrected chi connectivity index (χ2v) is 7.29. The Bertz CT molecular complexity index is 520. The van der Waals surface area contributed by atoms with E-state index in [1.165, 1.54) is 20.8 Å². The lowest BCUT2D eigenvalue weighted by Gasteiger charge is -2.29. The van der Waals surface area contributed by atoms with Crippen LogP contribution in [0.25, 0.3) is 0 Å². The zero-order valence-corrected chi connectivity index (χ0v) is 15.1. The van der Waals surface area contributed by atoms with Gasteiger partial charge in [0.1, 0.15) is 12.2 Å². The Morgan fingerprint density at radius 1 is 1.12 bits per heavy atom. The number of hydrogen-bond acceptors (Lipinski definition) is 9. The van der Waals surface area contributed by atoms with E-state index < -0.39 is 48.4 Å². The van der Waals surface area contributed by atoms with Gasteiger partial charge in [0.2, 0.25) is 0 Å². The molecule has 0 aromatic rings. The molecule has 9 heteroatoms. The van der Waals surface area contributed by atoms with Gasteiger partial charge < -0.3 is 23.7 Å². The number of thioether (sulfide) groups is 1. The average Bonchev–Trinajstić information content (AvgIpc) is 2.87. The SMILES string of the molecule is CC(=O)O[C@@H]1[C@H]2OC(C)(C)O[C@H]2O[C@@H]1[C@@H](CSC(C)=O)OC(C)=O. The predicted octanol–water partition coefficient (Wildman–Crippen LogP) is 1.01. The van der Waals surface area contributed by atoms with E-state index in [1.54, 1.807) is 13.8 Å². The van der Waals surface area contributed by atoms with Gasteiger partial charge in [-0.25, -0.2) is 0 Å². The Labute approximate surface area is 144 Å². The number of rotatable bonds is 5. The Balaban J connectivity index is 2.19. The largest absolute Gasteiger partial charge is 0.459 e. The van der Waals surface area contributed by atoms with Crippen molar-refractivity contribution in [3.8, 4) is 0 Å². The maximum absolute atomic E-state index is 11.5. The van der Waals surface area contributed by atoms with Gasteiger partial charge in [-0.2, -0.15) is 0 Å². The summed E-state index contributed by atoms with van der Waals surface area (Å²) in [4.78, 5) is 34.1. The Morgan fingerprint density at radius 2 is 1.79 bits per heavy atom. The number of carbonyl (C=O) groups excluding carboxylic acids is 3. The zero-order chi connectivity index (χ0) is 18.1. The van der Waals surface area contributed by atoms with E-state index in [-0.39, 0.29) is 10.9 Å². The van der Waals surface area contributed by atoms with Crippen LogP contribution in [0.3, 0.4) is 0 Å². The molecule has 24 heavy (non-hydrogen) atoms. The van der Waals surface area contributed by atoms with Crippen molar-refractivity contribution in [1.82, 2.24) is 0 Å². The van der Waals surface area contributed by atoms with Crippen LogP contribution in [-0.2, 0) is 38.1 Å². The van der Waals surface area contributed by atoms with Crippen LogP contribution in [0.5, 0.6) is 0 Å². The van der Waals surface area contributed by atoms with Gasteiger partial charge in [-0.05, 0) is 13.8 Å². The maximum atomic E-state index is 11.5. The van der Waals surface area contributed by atoms with E-state index in [1.807, 2.05) is 0 Å². The number of carbonyl (C=O) groups is 3. The highest BCUT2D eigenvalue weighted by Gasteiger charge is 2.58. The van der Waals surface area contributed by atoms with Crippen molar-refractivity contribution >= 4 is 28.8 Å². The third-order valence-corrected chi connectivity index (χ3v) is 4.37. The second kappa shape index (κ2) is 7.38. The third kappa shape index (κ3) is 4.69. The van der Waals surface area contributed by atoms with Crippen LogP contribution in [0.2, 0.25) is 0 Å². The summed E-state index contributed by atoms with van der Waals surface area (Å²) in [5, 5.41) is -0.122. The molecule has 2 saturated heterocycles. The first-order valence-corrected chi connectivity index (χ1v) is 8.56. The lowest BCUT2D eigenvalue weighted by atomic mass is 10.1. The molecule has 0 bridgehead atoms. The topological polar surface area (TPSA) is 97.4 Å². The molecule has 0 aliphatic carbocycles. The van der Waals surface area contributed by atoms with Crippen molar-refractivity contribution in [3.63, 3.8) is 0 Å². The quantitative estimate of drug-likeness (QED) is 0.664. The van der Waals surface area contributed by atoms with E-state index in [2.05, 4.69) is 0 Å². The number of esters is 2. The fourth-order valence-corrected chi connectivity index (χ4v) is 3.39. The van der Waals surface area contributed by atoms with E-state index in [9.17, 15) is 14.4 Å². The van der Waals surface area contributed by atoms with Gasteiger partial charge in [-0.3, -0.25) is 14.4 Å². The lowest BCUT2D eigenvalue weighted by Crippen LogP contribution is -2.46. The van der Waals surface area contributed by atoms with Crippen molar-refractivity contribution in [3.05, 3.63) is 0 Å². The minimum absolute atomic E-state index is 0.122. The minimum Gasteiger partial charge on any atom is -0.459 e. The fourth-order valence-electron chi connectivity index (χ4n) is 2.74. The summed E-state index contributed by atoms with van der Waals surface area (Å²) in [6.07, 6.45) is -3.73. The highest BCUT2D eigenvalue weighted by Crippen LogP contribution is 2.40. The molecule has 0 aromatic carbocycles. The Kier molecular flexibility index (Phi) is 5.90. The summed E-state index contributed by atoms with van der Waals surface area (Å²) in [5.41, 5.74) is 0. The van der Waals surface area contributed by atoms with Crippen molar-refractivity contribution in [2.45, 2.75) is 71.1 Å². The molecule has 0 amide bonds. The van der Waals surface area contributed by atoms with Crippen molar-refractivity contribution in [2.75, 3.05) is 5.75 Å². The maximum Gasteiger partial charge on any atom is 0.303 e. The lowest BCUT2D eigenvalue weighted by molar-refractivity contribution is -0.230. The summed E-state index contributed by atoms with van der Waals surface area (Å²) in [6.45, 7) is 7.40. The number of fused-ring (bicyclic) bond motifs is 1. The molecule has 8 nitrogen and oxygen atoms in total. The molecule has 5 atom stereocenters. The summed E-state index contributed by atoms with van der Waals surface area (Å²) < 4.78 is 27.8. The molecular weight excluding hydrogens is 340 g/mol. The molecule has 0 aromatic heterocycles. The normalized spacial score (nSPS) is 32.0. The van der Waals surface area contributed by atoms with E-state index in [0.717, 1.165) is 11.8 Å². The van der Waals surface area contributed by atoms with Crippen molar-refractivity contribution in [1.29, 1.82) is 0 Å². The smallest absolute Gasteiger partial charge is 0.303 e. The van der Waals surface area contributed by atoms with Crippen molar-refractivity contribution < 1.29 is 38.1 Å². The molecule has 0 N–H and O–H groups in total. The molecule has 0 saturated carbocycles. The van der Waals surface area contributed by atoms with Crippen LogP contribution in [-0.4, -0.2) is 59.3 Å². The molecule has 2 heterocycles. The summed E-state index contributed by atoms with van der Waals surface area (Å²) in [6, 6.07) is 0. The van der Waals surface area contributed by atoms with Gasteiger partial charge in [0.25, 0.3) is 0 Å². The fraction of sp³-hybridized carbons (Fsp3) is 0.800. The molecule has 0 radical (unpaired) electrons. The molecule has 2 aliphatic rings. The van der Waals surface area contributed by atoms with Gasteiger partial charge in [0.05, 0.1) is 0 Å². The molecule has 2 fully saturated rings. The van der Waals surface area contributed by atoms with Crippen LogP contribution in [0.15, 0.2) is 0 Å². The average molecular weight is 362 g/mol. The Hall–Kier alpha value is -1.16. The molecular formula is C15H22O8S. The van der Waals surface area contributed by atoms with Gasteiger partial charge in [-0.15, -0.1) is 0 Å².